The van der Waals surface area contributed by atoms with E-state index in [1.165, 1.54) is 5.56 Å². The predicted molar refractivity (Wildman–Crippen MR) is 140 cm³/mol. The highest BCUT2D eigenvalue weighted by Gasteiger charge is 2.29. The van der Waals surface area contributed by atoms with Crippen molar-refractivity contribution in [1.82, 2.24) is 9.55 Å². The highest BCUT2D eigenvalue weighted by molar-refractivity contribution is 5.78. The number of aliphatic hydroxyl groups is 1. The predicted octanol–water partition coefficient (Wildman–Crippen LogP) is 5.30. The van der Waals surface area contributed by atoms with E-state index in [0.717, 1.165) is 47.6 Å². The Bertz CT molecular complexity index is 1240. The third-order valence-electron chi connectivity index (χ3n) is 6.33. The Morgan fingerprint density at radius 3 is 2.64 bits per heavy atom. The second-order valence-corrected chi connectivity index (χ2v) is 9.01. The van der Waals surface area contributed by atoms with Gasteiger partial charge in [-0.25, -0.2) is 4.98 Å². The molecule has 5 rings (SSSR count). The molecule has 0 radical (unpaired) electrons. The average Bonchev–Trinajstić information content (AvgIpc) is 3.54. The zero-order valence-corrected chi connectivity index (χ0v) is 20.4. The molecule has 1 aromatic heterocycles. The standard InChI is InChI=1S/C29H33N3O4/c33-20-25-14-15-28(36-25)32-27-13-5-4-12-26(27)31-29(32)30-19-23-10-6-11-24(18-23)35-17-7-16-34-21-22-8-2-1-3-9-22/h1-6,8-13,18,25,28,33H,7,14-17,19-21H2,(H,30,31)/t25-,28+/m0/s1. The van der Waals surface area contributed by atoms with Gasteiger partial charge in [0.2, 0.25) is 5.95 Å². The molecule has 0 bridgehead atoms. The summed E-state index contributed by atoms with van der Waals surface area (Å²) in [7, 11) is 0. The number of aliphatic hydroxyl groups excluding tert-OH is 1. The van der Waals surface area contributed by atoms with Gasteiger partial charge in [0.1, 0.15) is 12.0 Å². The van der Waals surface area contributed by atoms with E-state index in [-0.39, 0.29) is 18.9 Å². The van der Waals surface area contributed by atoms with Crippen LogP contribution in [0.1, 0.15) is 36.6 Å². The molecule has 7 heteroatoms. The maximum atomic E-state index is 9.51. The monoisotopic (exact) mass is 487 g/mol. The third-order valence-corrected chi connectivity index (χ3v) is 6.33. The molecule has 1 aliphatic rings. The van der Waals surface area contributed by atoms with Crippen LogP contribution in [0.3, 0.4) is 0 Å². The summed E-state index contributed by atoms with van der Waals surface area (Å²) in [6.07, 6.45) is 2.25. The lowest BCUT2D eigenvalue weighted by molar-refractivity contribution is -0.0195. The van der Waals surface area contributed by atoms with E-state index < -0.39 is 0 Å². The molecule has 3 aromatic carbocycles. The molecule has 2 N–H and O–H groups in total. The number of aromatic nitrogens is 2. The fraction of sp³-hybridized carbons (Fsp3) is 0.345. The van der Waals surface area contributed by atoms with Crippen LogP contribution in [0.15, 0.2) is 78.9 Å². The van der Waals surface area contributed by atoms with Crippen molar-refractivity contribution in [2.75, 3.05) is 25.1 Å². The van der Waals surface area contributed by atoms with Gasteiger partial charge in [-0.2, -0.15) is 0 Å². The fourth-order valence-corrected chi connectivity index (χ4v) is 4.51. The van der Waals surface area contributed by atoms with E-state index in [9.17, 15) is 5.11 Å². The Hall–Kier alpha value is -3.39. The number of imidazole rings is 1. The minimum atomic E-state index is -0.143. The Kier molecular flexibility index (Phi) is 8.13. The molecule has 188 valence electrons. The summed E-state index contributed by atoms with van der Waals surface area (Å²) in [5.41, 5.74) is 4.23. The second-order valence-electron chi connectivity index (χ2n) is 9.01. The topological polar surface area (TPSA) is 77.8 Å². The number of anilines is 1. The van der Waals surface area contributed by atoms with Crippen molar-refractivity contribution in [1.29, 1.82) is 0 Å². The summed E-state index contributed by atoms with van der Waals surface area (Å²) in [5.74, 6) is 1.61. The van der Waals surface area contributed by atoms with Crippen LogP contribution in [0, 0.1) is 0 Å². The van der Waals surface area contributed by atoms with Crippen molar-refractivity contribution in [3.05, 3.63) is 90.0 Å². The molecule has 0 unspecified atom stereocenters. The van der Waals surface area contributed by atoms with E-state index >= 15 is 0 Å². The second kappa shape index (κ2) is 12.0. The Balaban J connectivity index is 1.15. The van der Waals surface area contributed by atoms with Crippen molar-refractivity contribution in [3.8, 4) is 5.75 Å². The smallest absolute Gasteiger partial charge is 0.206 e. The van der Waals surface area contributed by atoms with Gasteiger partial charge in [0.05, 0.1) is 43.6 Å². The summed E-state index contributed by atoms with van der Waals surface area (Å²) in [4.78, 5) is 4.81. The average molecular weight is 488 g/mol. The lowest BCUT2D eigenvalue weighted by atomic mass is 10.2. The molecule has 0 aliphatic carbocycles. The Labute approximate surface area is 211 Å². The molecule has 0 amide bonds. The van der Waals surface area contributed by atoms with E-state index in [4.69, 9.17) is 19.2 Å². The van der Waals surface area contributed by atoms with Crippen molar-refractivity contribution in [3.63, 3.8) is 0 Å². The lowest BCUT2D eigenvalue weighted by Crippen LogP contribution is -2.16. The summed E-state index contributed by atoms with van der Waals surface area (Å²) >= 11 is 0. The molecule has 2 heterocycles. The van der Waals surface area contributed by atoms with Crippen molar-refractivity contribution in [2.24, 2.45) is 0 Å². The summed E-state index contributed by atoms with van der Waals surface area (Å²) < 4.78 is 19.9. The van der Waals surface area contributed by atoms with Crippen LogP contribution in [0.5, 0.6) is 5.75 Å². The van der Waals surface area contributed by atoms with Crippen LogP contribution >= 0.6 is 0 Å². The lowest BCUT2D eigenvalue weighted by Gasteiger charge is -2.18. The van der Waals surface area contributed by atoms with Gasteiger partial charge in [-0.05, 0) is 48.2 Å². The number of rotatable bonds is 12. The first kappa shape index (κ1) is 24.3. The van der Waals surface area contributed by atoms with Crippen LogP contribution in [0.4, 0.5) is 5.95 Å². The zero-order chi connectivity index (χ0) is 24.6. The molecule has 0 spiro atoms. The molecule has 4 aromatic rings. The van der Waals surface area contributed by atoms with Crippen LogP contribution in [-0.4, -0.2) is 40.6 Å². The number of nitrogens with zero attached hydrogens (tertiary/aromatic N) is 2. The van der Waals surface area contributed by atoms with Crippen LogP contribution < -0.4 is 10.1 Å². The Morgan fingerprint density at radius 2 is 1.78 bits per heavy atom. The molecule has 2 atom stereocenters. The highest BCUT2D eigenvalue weighted by atomic mass is 16.5. The molecule has 1 aliphatic heterocycles. The number of fused-ring (bicyclic) bond motifs is 1. The number of nitrogens with one attached hydrogen (secondary N) is 1. The summed E-state index contributed by atoms with van der Waals surface area (Å²) in [6.45, 7) is 2.53. The van der Waals surface area contributed by atoms with Crippen molar-refractivity contribution >= 4 is 17.0 Å². The van der Waals surface area contributed by atoms with Crippen LogP contribution in [0.2, 0.25) is 0 Å². The summed E-state index contributed by atoms with van der Waals surface area (Å²) in [5, 5.41) is 13.0. The molecule has 0 saturated carbocycles. The Morgan fingerprint density at radius 1 is 0.944 bits per heavy atom. The molecular weight excluding hydrogens is 454 g/mol. The first-order valence-corrected chi connectivity index (χ1v) is 12.6. The van der Waals surface area contributed by atoms with Gasteiger partial charge in [0.15, 0.2) is 0 Å². The largest absolute Gasteiger partial charge is 0.493 e. The van der Waals surface area contributed by atoms with E-state index in [2.05, 4.69) is 40.2 Å². The van der Waals surface area contributed by atoms with Crippen molar-refractivity contribution in [2.45, 2.75) is 44.7 Å². The zero-order valence-electron chi connectivity index (χ0n) is 20.4. The molecule has 1 saturated heterocycles. The van der Waals surface area contributed by atoms with Gasteiger partial charge in [-0.15, -0.1) is 0 Å². The van der Waals surface area contributed by atoms with Gasteiger partial charge in [-0.3, -0.25) is 4.57 Å². The molecule has 7 nitrogen and oxygen atoms in total. The maximum absolute atomic E-state index is 9.51. The minimum Gasteiger partial charge on any atom is -0.493 e. The number of hydrogen-bond acceptors (Lipinski definition) is 6. The van der Waals surface area contributed by atoms with Gasteiger partial charge in [-0.1, -0.05) is 54.6 Å². The van der Waals surface area contributed by atoms with Crippen LogP contribution in [0.25, 0.3) is 11.0 Å². The molecule has 1 fully saturated rings. The first-order valence-electron chi connectivity index (χ1n) is 12.6. The first-order chi connectivity index (χ1) is 17.8. The summed E-state index contributed by atoms with van der Waals surface area (Å²) in [6, 6.07) is 26.4. The van der Waals surface area contributed by atoms with Gasteiger partial charge < -0.3 is 24.6 Å². The normalized spacial score (nSPS) is 17.5. The quantitative estimate of drug-likeness (QED) is 0.264. The number of ether oxygens (including phenoxy) is 3. The van der Waals surface area contributed by atoms with E-state index in [0.29, 0.717) is 26.4 Å². The molecule has 36 heavy (non-hydrogen) atoms. The minimum absolute atomic E-state index is 0.0395. The van der Waals surface area contributed by atoms with Gasteiger partial charge in [0.25, 0.3) is 0 Å². The van der Waals surface area contributed by atoms with Gasteiger partial charge in [0, 0.05) is 13.0 Å². The van der Waals surface area contributed by atoms with Crippen molar-refractivity contribution < 1.29 is 19.3 Å². The number of hydrogen-bond donors (Lipinski definition) is 2. The number of benzene rings is 3. The number of para-hydroxylation sites is 2. The maximum Gasteiger partial charge on any atom is 0.206 e. The van der Waals surface area contributed by atoms with Gasteiger partial charge >= 0.3 is 0 Å². The SMILES string of the molecule is OC[C@@H]1CC[C@H](n2c(NCc3cccc(OCCCOCc4ccccc4)c3)nc3ccccc32)O1. The highest BCUT2D eigenvalue weighted by Crippen LogP contribution is 2.34. The van der Waals surface area contributed by atoms with E-state index in [1.807, 2.05) is 48.5 Å². The van der Waals surface area contributed by atoms with Crippen LogP contribution in [-0.2, 0) is 22.6 Å². The molecular formula is C29H33N3O4. The third kappa shape index (κ3) is 6.05. The van der Waals surface area contributed by atoms with E-state index in [1.54, 1.807) is 0 Å². The fourth-order valence-electron chi connectivity index (χ4n) is 4.51.